The highest BCUT2D eigenvalue weighted by Crippen LogP contribution is 2.34. The second-order valence-corrected chi connectivity index (χ2v) is 14.8. The monoisotopic (exact) mass is 578 g/mol. The first kappa shape index (κ1) is 36.0. The van der Waals surface area contributed by atoms with E-state index < -0.39 is 0 Å². The number of rotatable bonds is 25. The van der Waals surface area contributed by atoms with E-state index in [0.717, 1.165) is 22.3 Å². The molecule has 0 aliphatic rings. The highest BCUT2D eigenvalue weighted by atomic mass is 32.2. The molecule has 0 fully saturated rings. The van der Waals surface area contributed by atoms with Crippen LogP contribution in [0.5, 0.6) is 0 Å². The van der Waals surface area contributed by atoms with Crippen molar-refractivity contribution >= 4 is 11.8 Å². The maximum Gasteiger partial charge on any atom is 0.00497 e. The average molecular weight is 579 g/mol. The Morgan fingerprint density at radius 2 is 1.10 bits per heavy atom. The molecule has 0 nitrogen and oxygen atoms in total. The van der Waals surface area contributed by atoms with Gasteiger partial charge in [0.2, 0.25) is 0 Å². The molecule has 0 heterocycles. The first-order chi connectivity index (χ1) is 20.1. The van der Waals surface area contributed by atoms with Gasteiger partial charge in [-0.3, -0.25) is 0 Å². The molecule has 2 rings (SSSR count). The van der Waals surface area contributed by atoms with E-state index in [1.165, 1.54) is 121 Å². The summed E-state index contributed by atoms with van der Waals surface area (Å²) in [5.74, 6) is 2.25. The van der Waals surface area contributed by atoms with Crippen molar-refractivity contribution in [2.24, 2.45) is 5.92 Å². The van der Waals surface area contributed by atoms with Crippen LogP contribution in [-0.4, -0.2) is 10.5 Å². The van der Waals surface area contributed by atoms with Crippen LogP contribution in [-0.2, 0) is 0 Å². The Balaban J connectivity index is 1.81. The summed E-state index contributed by atoms with van der Waals surface area (Å²) in [6.07, 6.45) is 25.1. The predicted octanol–water partition coefficient (Wildman–Crippen LogP) is 13.8. The summed E-state index contributed by atoms with van der Waals surface area (Å²) in [5.41, 5.74) is 3.05. The van der Waals surface area contributed by atoms with Gasteiger partial charge in [-0.2, -0.15) is 11.8 Å². The van der Waals surface area contributed by atoms with Gasteiger partial charge in [-0.05, 0) is 67.4 Å². The Bertz CT molecular complexity index is 830. The van der Waals surface area contributed by atoms with E-state index in [2.05, 4.69) is 107 Å². The molecule has 1 heteroatoms. The molecule has 2 aromatic carbocycles. The Hall–Kier alpha value is -1.21. The highest BCUT2D eigenvalue weighted by molar-refractivity contribution is 8.00. The molecule has 0 saturated carbocycles. The highest BCUT2D eigenvalue weighted by Gasteiger charge is 2.19. The Morgan fingerprint density at radius 3 is 1.68 bits per heavy atom. The first-order valence-electron chi connectivity index (χ1n) is 17.8. The molecule has 41 heavy (non-hydrogen) atoms. The van der Waals surface area contributed by atoms with E-state index in [0.29, 0.717) is 5.92 Å². The van der Waals surface area contributed by atoms with Crippen molar-refractivity contribution in [2.45, 2.75) is 173 Å². The van der Waals surface area contributed by atoms with Crippen LogP contribution >= 0.6 is 11.8 Å². The molecular weight excluding hydrogens is 513 g/mol. The third-order valence-corrected chi connectivity index (χ3v) is 11.1. The van der Waals surface area contributed by atoms with Gasteiger partial charge in [-0.15, -0.1) is 0 Å². The lowest BCUT2D eigenvalue weighted by atomic mass is 9.83. The zero-order chi connectivity index (χ0) is 29.5. The molecule has 232 valence electrons. The lowest BCUT2D eigenvalue weighted by Crippen LogP contribution is -2.12. The summed E-state index contributed by atoms with van der Waals surface area (Å²) in [6, 6.07) is 22.4. The molecule has 5 unspecified atom stereocenters. The van der Waals surface area contributed by atoms with Crippen LogP contribution in [0.15, 0.2) is 60.7 Å². The van der Waals surface area contributed by atoms with Gasteiger partial charge in [0, 0.05) is 10.5 Å². The summed E-state index contributed by atoms with van der Waals surface area (Å²) in [5, 5.41) is 1.63. The lowest BCUT2D eigenvalue weighted by Gasteiger charge is -2.25. The van der Waals surface area contributed by atoms with Crippen LogP contribution in [0.1, 0.15) is 173 Å². The van der Waals surface area contributed by atoms with Gasteiger partial charge in [0.1, 0.15) is 0 Å². The van der Waals surface area contributed by atoms with Crippen molar-refractivity contribution in [1.82, 2.24) is 0 Å². The van der Waals surface area contributed by atoms with Gasteiger partial charge in [0.15, 0.2) is 0 Å². The molecular formula is C40H66S. The van der Waals surface area contributed by atoms with Crippen LogP contribution in [0.3, 0.4) is 0 Å². The SMILES string of the molecule is CCCCCCCCCCC(C)SC(CCCC(CC)CC(CC)c1ccccc1)CCCC(C)c1ccccc1. The fourth-order valence-electron chi connectivity index (χ4n) is 6.63. The fourth-order valence-corrected chi connectivity index (χ4v) is 8.20. The summed E-state index contributed by atoms with van der Waals surface area (Å²) < 4.78 is 0. The quantitative estimate of drug-likeness (QED) is 0.106. The molecule has 0 amide bonds. The normalized spacial score (nSPS) is 15.3. The molecule has 0 N–H and O–H groups in total. The Morgan fingerprint density at radius 1 is 0.537 bits per heavy atom. The number of benzene rings is 2. The number of thioether (sulfide) groups is 1. The van der Waals surface area contributed by atoms with E-state index >= 15 is 0 Å². The Kier molecular flexibility index (Phi) is 20.4. The molecule has 0 radical (unpaired) electrons. The Labute approximate surface area is 261 Å². The van der Waals surface area contributed by atoms with Crippen LogP contribution in [0, 0.1) is 5.92 Å². The van der Waals surface area contributed by atoms with Gasteiger partial charge in [0.25, 0.3) is 0 Å². The fraction of sp³-hybridized carbons (Fsp3) is 0.700. The van der Waals surface area contributed by atoms with Crippen LogP contribution in [0.25, 0.3) is 0 Å². The standard InChI is InChI=1S/C40H66S/c1-6-9-10-11-12-13-14-17-25-35(5)41-40(31-22-24-34(4)38-27-18-15-19-28-38)32-23-26-36(7-2)33-37(8-3)39-29-20-16-21-30-39/h15-16,18-21,27-30,34-37,40H,6-14,17,22-26,31-33H2,1-5H3. The van der Waals surface area contributed by atoms with Gasteiger partial charge >= 0.3 is 0 Å². The topological polar surface area (TPSA) is 0 Å². The lowest BCUT2D eigenvalue weighted by molar-refractivity contribution is 0.375. The van der Waals surface area contributed by atoms with Crippen LogP contribution < -0.4 is 0 Å². The summed E-state index contributed by atoms with van der Waals surface area (Å²) in [4.78, 5) is 0. The molecule has 0 aliphatic heterocycles. The average Bonchev–Trinajstić information content (AvgIpc) is 3.00. The number of hydrogen-bond acceptors (Lipinski definition) is 1. The summed E-state index contributed by atoms with van der Waals surface area (Å²) >= 11 is 2.34. The van der Waals surface area contributed by atoms with Crippen LogP contribution in [0.4, 0.5) is 0 Å². The minimum Gasteiger partial charge on any atom is -0.155 e. The van der Waals surface area contributed by atoms with Gasteiger partial charge in [-0.25, -0.2) is 0 Å². The maximum absolute atomic E-state index is 2.52. The molecule has 0 aromatic heterocycles. The smallest absolute Gasteiger partial charge is 0.00497 e. The van der Waals surface area contributed by atoms with Crippen molar-refractivity contribution in [2.75, 3.05) is 0 Å². The largest absolute Gasteiger partial charge is 0.155 e. The van der Waals surface area contributed by atoms with Crippen molar-refractivity contribution in [1.29, 1.82) is 0 Å². The first-order valence-corrected chi connectivity index (χ1v) is 18.8. The van der Waals surface area contributed by atoms with E-state index in [1.807, 2.05) is 0 Å². The summed E-state index contributed by atoms with van der Waals surface area (Å²) in [6.45, 7) is 12.1. The van der Waals surface area contributed by atoms with Crippen molar-refractivity contribution in [3.05, 3.63) is 71.8 Å². The van der Waals surface area contributed by atoms with Crippen molar-refractivity contribution < 1.29 is 0 Å². The molecule has 0 bridgehead atoms. The number of hydrogen-bond donors (Lipinski definition) is 0. The van der Waals surface area contributed by atoms with E-state index in [9.17, 15) is 0 Å². The third kappa shape index (κ3) is 16.3. The van der Waals surface area contributed by atoms with Gasteiger partial charge in [0.05, 0.1) is 0 Å². The van der Waals surface area contributed by atoms with Gasteiger partial charge < -0.3 is 0 Å². The number of unbranched alkanes of at least 4 members (excludes halogenated alkanes) is 7. The van der Waals surface area contributed by atoms with Gasteiger partial charge in [-0.1, -0.05) is 172 Å². The minimum atomic E-state index is 0.671. The maximum atomic E-state index is 2.52. The van der Waals surface area contributed by atoms with Crippen molar-refractivity contribution in [3.8, 4) is 0 Å². The molecule has 0 saturated heterocycles. The van der Waals surface area contributed by atoms with E-state index in [4.69, 9.17) is 0 Å². The predicted molar refractivity (Wildman–Crippen MR) is 188 cm³/mol. The second kappa shape index (κ2) is 23.3. The zero-order valence-corrected chi connectivity index (χ0v) is 28.6. The molecule has 2 aromatic rings. The third-order valence-electron chi connectivity index (χ3n) is 9.52. The van der Waals surface area contributed by atoms with E-state index in [-0.39, 0.29) is 0 Å². The van der Waals surface area contributed by atoms with E-state index in [1.54, 1.807) is 5.56 Å². The molecule has 5 atom stereocenters. The zero-order valence-electron chi connectivity index (χ0n) is 27.8. The molecule has 0 aliphatic carbocycles. The summed E-state index contributed by atoms with van der Waals surface area (Å²) in [7, 11) is 0. The van der Waals surface area contributed by atoms with Crippen molar-refractivity contribution in [3.63, 3.8) is 0 Å². The molecule has 0 spiro atoms. The van der Waals surface area contributed by atoms with Crippen LogP contribution in [0.2, 0.25) is 0 Å². The second-order valence-electron chi connectivity index (χ2n) is 13.0. The minimum absolute atomic E-state index is 0.671.